The van der Waals surface area contributed by atoms with Crippen molar-refractivity contribution in [1.29, 1.82) is 0 Å². The normalized spacial score (nSPS) is 15.1. The smallest absolute Gasteiger partial charge is 0.338 e. The Hall–Kier alpha value is -3.94. The summed E-state index contributed by atoms with van der Waals surface area (Å²) in [5.41, 5.74) is 3.33. The van der Waals surface area contributed by atoms with Crippen LogP contribution in [-0.4, -0.2) is 17.6 Å². The summed E-state index contributed by atoms with van der Waals surface area (Å²) in [4.78, 5) is 32.0. The second kappa shape index (κ2) is 11.2. The van der Waals surface area contributed by atoms with Gasteiger partial charge in [-0.05, 0) is 41.8 Å². The second-order valence-electron chi connectivity index (χ2n) is 8.65. The third kappa shape index (κ3) is 5.08. The lowest BCUT2D eigenvalue weighted by Crippen LogP contribution is -2.40. The molecular weight excluding hydrogens is 520 g/mol. The van der Waals surface area contributed by atoms with Gasteiger partial charge >= 0.3 is 5.97 Å². The van der Waals surface area contributed by atoms with Gasteiger partial charge in [-0.2, -0.15) is 0 Å². The fourth-order valence-corrected chi connectivity index (χ4v) is 5.57. The van der Waals surface area contributed by atoms with Crippen LogP contribution in [0.5, 0.6) is 5.75 Å². The van der Waals surface area contributed by atoms with Crippen molar-refractivity contribution >= 4 is 35.0 Å². The number of methoxy groups -OCH3 is 1. The molecule has 0 unspecified atom stereocenters. The molecule has 1 aliphatic heterocycles. The molecule has 0 radical (unpaired) electrons. The SMILES string of the molecule is CCC1=C(C(=O)OC)[C@H](c2ccccc2)n2c(s/c(=C/c3ccccc3OCc3ccc(Cl)cc3)c2=O)=N1. The molecular formula is C30H25ClN2O4S. The molecule has 0 fully saturated rings. The lowest BCUT2D eigenvalue weighted by molar-refractivity contribution is -0.136. The van der Waals surface area contributed by atoms with Gasteiger partial charge in [0.15, 0.2) is 4.80 Å². The van der Waals surface area contributed by atoms with Crippen molar-refractivity contribution in [3.8, 4) is 5.75 Å². The number of carbonyl (C=O) groups excluding carboxylic acids is 1. The maximum Gasteiger partial charge on any atom is 0.338 e. The number of halogens is 1. The highest BCUT2D eigenvalue weighted by Gasteiger charge is 2.33. The highest BCUT2D eigenvalue weighted by atomic mass is 35.5. The summed E-state index contributed by atoms with van der Waals surface area (Å²) in [5, 5.41) is 0.667. The number of esters is 1. The minimum Gasteiger partial charge on any atom is -0.488 e. The Morgan fingerprint density at radius 2 is 1.76 bits per heavy atom. The summed E-state index contributed by atoms with van der Waals surface area (Å²) in [6.07, 6.45) is 2.34. The Balaban J connectivity index is 1.60. The van der Waals surface area contributed by atoms with Crippen molar-refractivity contribution in [3.63, 3.8) is 0 Å². The molecule has 1 aliphatic rings. The number of thiazole rings is 1. The number of rotatable bonds is 7. The maximum absolute atomic E-state index is 13.8. The molecule has 0 saturated carbocycles. The van der Waals surface area contributed by atoms with Gasteiger partial charge in [0.25, 0.3) is 5.56 Å². The number of benzene rings is 3. The van der Waals surface area contributed by atoms with E-state index in [1.54, 1.807) is 4.57 Å². The van der Waals surface area contributed by atoms with Gasteiger partial charge in [0.2, 0.25) is 0 Å². The number of carbonyl (C=O) groups is 1. The van der Waals surface area contributed by atoms with E-state index < -0.39 is 12.0 Å². The molecule has 0 bridgehead atoms. The van der Waals surface area contributed by atoms with E-state index in [0.717, 1.165) is 16.7 Å². The fraction of sp³-hybridized carbons (Fsp3) is 0.167. The molecule has 38 heavy (non-hydrogen) atoms. The molecule has 6 nitrogen and oxygen atoms in total. The summed E-state index contributed by atoms with van der Waals surface area (Å²) in [5.74, 6) is 0.159. The first-order chi connectivity index (χ1) is 18.5. The molecule has 5 rings (SSSR count). The lowest BCUT2D eigenvalue weighted by Gasteiger charge is -2.25. The number of ether oxygens (including phenoxy) is 2. The van der Waals surface area contributed by atoms with Crippen LogP contribution in [0.2, 0.25) is 5.02 Å². The molecule has 3 aromatic carbocycles. The number of allylic oxidation sites excluding steroid dienone is 1. The standard InChI is InChI=1S/C30H25ClN2O4S/c1-3-23-26(29(35)36-2)27(20-9-5-4-6-10-20)33-28(34)25(38-30(33)32-23)17-21-11-7-8-12-24(21)37-18-19-13-15-22(31)16-14-19/h4-17,27H,3,18H2,1-2H3/b25-17+/t27-/m0/s1. The molecule has 0 N–H and O–H groups in total. The minimum atomic E-state index is -0.631. The number of hydrogen-bond acceptors (Lipinski definition) is 6. The zero-order valence-corrected chi connectivity index (χ0v) is 22.5. The summed E-state index contributed by atoms with van der Waals surface area (Å²) >= 11 is 7.28. The molecule has 1 aromatic heterocycles. The van der Waals surface area contributed by atoms with E-state index in [1.807, 2.05) is 91.9 Å². The number of hydrogen-bond donors (Lipinski definition) is 0. The minimum absolute atomic E-state index is 0.230. The van der Waals surface area contributed by atoms with E-state index in [4.69, 9.17) is 26.1 Å². The van der Waals surface area contributed by atoms with E-state index in [1.165, 1.54) is 18.4 Å². The van der Waals surface area contributed by atoms with Gasteiger partial charge in [0, 0.05) is 10.6 Å². The molecule has 4 aromatic rings. The van der Waals surface area contributed by atoms with Crippen molar-refractivity contribution in [1.82, 2.24) is 4.57 Å². The maximum atomic E-state index is 13.8. The molecule has 192 valence electrons. The van der Waals surface area contributed by atoms with Crippen LogP contribution in [0.3, 0.4) is 0 Å². The van der Waals surface area contributed by atoms with Crippen LogP contribution in [0.25, 0.3) is 6.08 Å². The Kier molecular flexibility index (Phi) is 7.58. The van der Waals surface area contributed by atoms with Crippen LogP contribution >= 0.6 is 22.9 Å². The molecule has 2 heterocycles. The fourth-order valence-electron chi connectivity index (χ4n) is 4.43. The molecule has 0 spiro atoms. The van der Waals surface area contributed by atoms with Crippen molar-refractivity contribution in [2.24, 2.45) is 4.99 Å². The Labute approximate surface area is 228 Å². The van der Waals surface area contributed by atoms with Crippen molar-refractivity contribution in [3.05, 3.63) is 132 Å². The number of nitrogens with zero attached hydrogens (tertiary/aromatic N) is 2. The topological polar surface area (TPSA) is 69.9 Å². The summed E-state index contributed by atoms with van der Waals surface area (Å²) < 4.78 is 13.3. The molecule has 0 aliphatic carbocycles. The van der Waals surface area contributed by atoms with Crippen LogP contribution < -0.4 is 19.6 Å². The van der Waals surface area contributed by atoms with E-state index in [2.05, 4.69) is 0 Å². The first kappa shape index (κ1) is 25.7. The average Bonchev–Trinajstić information content (AvgIpc) is 3.26. The quantitative estimate of drug-likeness (QED) is 0.306. The van der Waals surface area contributed by atoms with Gasteiger partial charge in [-0.1, -0.05) is 90.5 Å². The van der Waals surface area contributed by atoms with Gasteiger partial charge in [0.05, 0.1) is 29.0 Å². The molecule has 0 amide bonds. The highest BCUT2D eigenvalue weighted by molar-refractivity contribution is 7.07. The second-order valence-corrected chi connectivity index (χ2v) is 10.1. The predicted molar refractivity (Wildman–Crippen MR) is 149 cm³/mol. The Bertz CT molecular complexity index is 1690. The van der Waals surface area contributed by atoms with Crippen LogP contribution in [0.1, 0.15) is 36.1 Å². The summed E-state index contributed by atoms with van der Waals surface area (Å²) in [6, 6.07) is 23.9. The molecule has 1 atom stereocenters. The predicted octanol–water partition coefficient (Wildman–Crippen LogP) is 5.03. The summed E-state index contributed by atoms with van der Waals surface area (Å²) in [7, 11) is 1.34. The van der Waals surface area contributed by atoms with E-state index >= 15 is 0 Å². The Morgan fingerprint density at radius 1 is 1.05 bits per heavy atom. The van der Waals surface area contributed by atoms with Crippen LogP contribution in [0, 0.1) is 0 Å². The molecule has 8 heteroatoms. The zero-order chi connectivity index (χ0) is 26.6. The lowest BCUT2D eigenvalue weighted by atomic mass is 9.95. The van der Waals surface area contributed by atoms with Gasteiger partial charge in [-0.3, -0.25) is 9.36 Å². The van der Waals surface area contributed by atoms with Crippen LogP contribution in [0.15, 0.2) is 99.9 Å². The zero-order valence-electron chi connectivity index (χ0n) is 20.9. The van der Waals surface area contributed by atoms with Crippen LogP contribution in [0.4, 0.5) is 0 Å². The van der Waals surface area contributed by atoms with Gasteiger partial charge < -0.3 is 9.47 Å². The van der Waals surface area contributed by atoms with E-state index in [-0.39, 0.29) is 5.56 Å². The monoisotopic (exact) mass is 544 g/mol. The number of aromatic nitrogens is 1. The van der Waals surface area contributed by atoms with Gasteiger partial charge in [-0.15, -0.1) is 0 Å². The number of fused-ring (bicyclic) bond motifs is 1. The average molecular weight is 545 g/mol. The highest BCUT2D eigenvalue weighted by Crippen LogP contribution is 2.31. The van der Waals surface area contributed by atoms with Crippen LogP contribution in [-0.2, 0) is 16.1 Å². The largest absolute Gasteiger partial charge is 0.488 e. The van der Waals surface area contributed by atoms with Crippen molar-refractivity contribution in [2.75, 3.05) is 7.11 Å². The van der Waals surface area contributed by atoms with E-state index in [9.17, 15) is 9.59 Å². The summed E-state index contributed by atoms with van der Waals surface area (Å²) in [6.45, 7) is 2.30. The first-order valence-corrected chi connectivity index (χ1v) is 13.3. The van der Waals surface area contributed by atoms with Gasteiger partial charge in [-0.25, -0.2) is 9.79 Å². The Morgan fingerprint density at radius 3 is 2.47 bits per heavy atom. The first-order valence-electron chi connectivity index (χ1n) is 12.1. The number of para-hydroxylation sites is 1. The van der Waals surface area contributed by atoms with Crippen molar-refractivity contribution in [2.45, 2.75) is 26.0 Å². The third-order valence-electron chi connectivity index (χ3n) is 6.28. The third-order valence-corrected chi connectivity index (χ3v) is 7.51. The van der Waals surface area contributed by atoms with E-state index in [0.29, 0.717) is 44.4 Å². The molecule has 0 saturated heterocycles. The van der Waals surface area contributed by atoms with Crippen molar-refractivity contribution < 1.29 is 14.3 Å². The van der Waals surface area contributed by atoms with Gasteiger partial charge in [0.1, 0.15) is 12.4 Å².